The van der Waals surface area contributed by atoms with Crippen molar-refractivity contribution in [3.05, 3.63) is 18.5 Å². The van der Waals surface area contributed by atoms with Gasteiger partial charge in [0, 0.05) is 18.8 Å². The van der Waals surface area contributed by atoms with E-state index in [1.54, 1.807) is 17.1 Å². The van der Waals surface area contributed by atoms with Crippen LogP contribution in [0.3, 0.4) is 0 Å². The number of rotatable bonds is 4. The van der Waals surface area contributed by atoms with Crippen LogP contribution in [0.5, 0.6) is 0 Å². The SMILES string of the molecule is OCC(O)CCn1c[c]cn1. The molecule has 0 aromatic carbocycles. The van der Waals surface area contributed by atoms with Crippen molar-refractivity contribution >= 4 is 0 Å². The molecular weight excluding hydrogens is 144 g/mol. The third kappa shape index (κ3) is 2.69. The highest BCUT2D eigenvalue weighted by Crippen LogP contribution is 1.93. The van der Waals surface area contributed by atoms with E-state index in [1.165, 1.54) is 0 Å². The summed E-state index contributed by atoms with van der Waals surface area (Å²) < 4.78 is 1.67. The summed E-state index contributed by atoms with van der Waals surface area (Å²) in [6.45, 7) is 0.427. The highest BCUT2D eigenvalue weighted by Gasteiger charge is 2.00. The Morgan fingerprint density at radius 1 is 1.64 bits per heavy atom. The van der Waals surface area contributed by atoms with E-state index in [2.05, 4.69) is 11.2 Å². The van der Waals surface area contributed by atoms with Gasteiger partial charge >= 0.3 is 0 Å². The Morgan fingerprint density at radius 3 is 3.00 bits per heavy atom. The molecule has 1 unspecified atom stereocenters. The largest absolute Gasteiger partial charge is 0.394 e. The van der Waals surface area contributed by atoms with E-state index in [-0.39, 0.29) is 6.61 Å². The third-order valence-corrected chi connectivity index (χ3v) is 1.41. The van der Waals surface area contributed by atoms with Crippen LogP contribution in [0.1, 0.15) is 6.42 Å². The van der Waals surface area contributed by atoms with Gasteiger partial charge in [0.05, 0.1) is 18.9 Å². The van der Waals surface area contributed by atoms with E-state index in [0.717, 1.165) is 0 Å². The zero-order valence-corrected chi connectivity index (χ0v) is 6.14. The first-order chi connectivity index (χ1) is 5.33. The number of hydrogen-bond acceptors (Lipinski definition) is 3. The van der Waals surface area contributed by atoms with Gasteiger partial charge in [-0.3, -0.25) is 4.68 Å². The molecule has 4 nitrogen and oxygen atoms in total. The molecule has 2 N–H and O–H groups in total. The smallest absolute Gasteiger partial charge is 0.0788 e. The molecule has 0 saturated carbocycles. The van der Waals surface area contributed by atoms with E-state index in [4.69, 9.17) is 10.2 Å². The van der Waals surface area contributed by atoms with Crippen LogP contribution in [0.4, 0.5) is 0 Å². The van der Waals surface area contributed by atoms with E-state index < -0.39 is 6.10 Å². The lowest BCUT2D eigenvalue weighted by molar-refractivity contribution is 0.0838. The number of aromatic nitrogens is 2. The molecule has 11 heavy (non-hydrogen) atoms. The maximum absolute atomic E-state index is 8.96. The molecule has 1 radical (unpaired) electrons. The fraction of sp³-hybridized carbons (Fsp3) is 0.571. The molecule has 0 aliphatic heterocycles. The van der Waals surface area contributed by atoms with Crippen LogP contribution in [-0.2, 0) is 6.54 Å². The molecule has 61 valence electrons. The first-order valence-corrected chi connectivity index (χ1v) is 3.50. The molecule has 0 saturated heterocycles. The van der Waals surface area contributed by atoms with Crippen molar-refractivity contribution in [1.29, 1.82) is 0 Å². The molecular formula is C7H11N2O2. The average molecular weight is 155 g/mol. The van der Waals surface area contributed by atoms with E-state index >= 15 is 0 Å². The zero-order valence-electron chi connectivity index (χ0n) is 6.14. The minimum Gasteiger partial charge on any atom is -0.394 e. The molecule has 0 aliphatic rings. The standard InChI is InChI=1S/C7H11N2O2/c10-6-7(11)2-5-9-4-1-3-8-9/h3-4,7,10-11H,2,5-6H2. The maximum atomic E-state index is 8.96. The summed E-state index contributed by atoms with van der Waals surface area (Å²) in [5.41, 5.74) is 0. The summed E-state index contributed by atoms with van der Waals surface area (Å²) in [6.07, 6.45) is 3.14. The van der Waals surface area contributed by atoms with Crippen LogP contribution in [-0.4, -0.2) is 32.7 Å². The van der Waals surface area contributed by atoms with Crippen molar-refractivity contribution in [3.63, 3.8) is 0 Å². The van der Waals surface area contributed by atoms with Gasteiger partial charge in [0.25, 0.3) is 0 Å². The molecule has 1 aromatic heterocycles. The van der Waals surface area contributed by atoms with E-state index in [9.17, 15) is 0 Å². The molecule has 1 atom stereocenters. The summed E-state index contributed by atoms with van der Waals surface area (Å²) >= 11 is 0. The Bertz CT molecular complexity index is 186. The Hall–Kier alpha value is -0.870. The van der Waals surface area contributed by atoms with Gasteiger partial charge in [-0.05, 0) is 6.42 Å². The second kappa shape index (κ2) is 4.10. The topological polar surface area (TPSA) is 58.3 Å². The predicted octanol–water partition coefficient (Wildman–Crippen LogP) is -0.573. The molecule has 0 spiro atoms. The molecule has 1 aromatic rings. The van der Waals surface area contributed by atoms with E-state index in [0.29, 0.717) is 13.0 Å². The second-order valence-corrected chi connectivity index (χ2v) is 2.33. The van der Waals surface area contributed by atoms with Crippen molar-refractivity contribution in [2.75, 3.05) is 6.61 Å². The van der Waals surface area contributed by atoms with Gasteiger partial charge in [0.2, 0.25) is 0 Å². The lowest BCUT2D eigenvalue weighted by Crippen LogP contribution is -2.15. The lowest BCUT2D eigenvalue weighted by Gasteiger charge is -2.05. The first-order valence-electron chi connectivity index (χ1n) is 3.50. The van der Waals surface area contributed by atoms with Crippen LogP contribution in [0.25, 0.3) is 0 Å². The number of hydrogen-bond donors (Lipinski definition) is 2. The third-order valence-electron chi connectivity index (χ3n) is 1.41. The van der Waals surface area contributed by atoms with Crippen molar-refractivity contribution in [3.8, 4) is 0 Å². The number of aliphatic hydroxyl groups excluding tert-OH is 2. The van der Waals surface area contributed by atoms with Gasteiger partial charge in [-0.25, -0.2) is 0 Å². The molecule has 0 bridgehead atoms. The van der Waals surface area contributed by atoms with Crippen molar-refractivity contribution in [1.82, 2.24) is 9.78 Å². The molecule has 0 amide bonds. The highest BCUT2D eigenvalue weighted by molar-refractivity contribution is 4.74. The molecule has 4 heteroatoms. The van der Waals surface area contributed by atoms with Gasteiger partial charge in [0.15, 0.2) is 0 Å². The second-order valence-electron chi connectivity index (χ2n) is 2.33. The molecule has 1 heterocycles. The number of nitrogens with zero attached hydrogens (tertiary/aromatic N) is 2. The van der Waals surface area contributed by atoms with Crippen LogP contribution in [0.15, 0.2) is 12.4 Å². The Kier molecular flexibility index (Phi) is 3.07. The monoisotopic (exact) mass is 155 g/mol. The quantitative estimate of drug-likeness (QED) is 0.612. The normalized spacial score (nSPS) is 13.3. The number of aryl methyl sites for hydroxylation is 1. The molecule has 0 fully saturated rings. The van der Waals surface area contributed by atoms with Crippen LogP contribution in [0, 0.1) is 6.07 Å². The van der Waals surface area contributed by atoms with Crippen LogP contribution >= 0.6 is 0 Å². The summed E-state index contributed by atoms with van der Waals surface area (Å²) in [7, 11) is 0. The van der Waals surface area contributed by atoms with Gasteiger partial charge in [-0.1, -0.05) is 0 Å². The Morgan fingerprint density at radius 2 is 2.45 bits per heavy atom. The van der Waals surface area contributed by atoms with Gasteiger partial charge < -0.3 is 10.2 Å². The first kappa shape index (κ1) is 8.23. The Labute approximate surface area is 65.1 Å². The maximum Gasteiger partial charge on any atom is 0.0788 e. The predicted molar refractivity (Wildman–Crippen MR) is 38.8 cm³/mol. The van der Waals surface area contributed by atoms with Gasteiger partial charge in [-0.15, -0.1) is 0 Å². The van der Waals surface area contributed by atoms with Crippen LogP contribution < -0.4 is 0 Å². The minimum atomic E-state index is -0.640. The van der Waals surface area contributed by atoms with E-state index in [1.807, 2.05) is 0 Å². The summed E-state index contributed by atoms with van der Waals surface area (Å²) in [6, 6.07) is 2.78. The molecule has 1 rings (SSSR count). The summed E-state index contributed by atoms with van der Waals surface area (Å²) in [5, 5.41) is 21.3. The fourth-order valence-electron chi connectivity index (χ4n) is 0.755. The highest BCUT2D eigenvalue weighted by atomic mass is 16.3. The summed E-state index contributed by atoms with van der Waals surface area (Å²) in [5.74, 6) is 0. The lowest BCUT2D eigenvalue weighted by atomic mass is 10.3. The fourth-order valence-corrected chi connectivity index (χ4v) is 0.755. The Balaban J connectivity index is 2.23. The van der Waals surface area contributed by atoms with Crippen molar-refractivity contribution in [2.45, 2.75) is 19.1 Å². The van der Waals surface area contributed by atoms with Crippen molar-refractivity contribution < 1.29 is 10.2 Å². The minimum absolute atomic E-state index is 0.190. The van der Waals surface area contributed by atoms with Crippen molar-refractivity contribution in [2.24, 2.45) is 0 Å². The van der Waals surface area contributed by atoms with Gasteiger partial charge in [0.1, 0.15) is 0 Å². The number of aliphatic hydroxyl groups is 2. The average Bonchev–Trinajstić information content (AvgIpc) is 2.52. The van der Waals surface area contributed by atoms with Crippen LogP contribution in [0.2, 0.25) is 0 Å². The molecule has 0 aliphatic carbocycles. The summed E-state index contributed by atoms with van der Waals surface area (Å²) in [4.78, 5) is 0. The van der Waals surface area contributed by atoms with Gasteiger partial charge in [-0.2, -0.15) is 5.10 Å². The zero-order chi connectivity index (χ0) is 8.10.